The van der Waals surface area contributed by atoms with Crippen LogP contribution in [0.2, 0.25) is 0 Å². The molecule has 0 saturated carbocycles. The largest absolute Gasteiger partial charge is 0.465 e. The predicted molar refractivity (Wildman–Crippen MR) is 81.2 cm³/mol. The van der Waals surface area contributed by atoms with E-state index in [-0.39, 0.29) is 23.9 Å². The lowest BCUT2D eigenvalue weighted by Gasteiger charge is -2.07. The average molecular weight is 316 g/mol. The fraction of sp³-hybridized carbons (Fsp3) is 0.267. The van der Waals surface area contributed by atoms with Crippen LogP contribution < -0.4 is 5.32 Å². The molecule has 0 unspecified atom stereocenters. The van der Waals surface area contributed by atoms with E-state index in [1.165, 1.54) is 18.7 Å². The van der Waals surface area contributed by atoms with Crippen molar-refractivity contribution < 1.29 is 19.1 Å². The molecular formula is C15H16N4O4. The van der Waals surface area contributed by atoms with Crippen LogP contribution in [0.5, 0.6) is 0 Å². The highest BCUT2D eigenvalue weighted by atomic mass is 16.5. The lowest BCUT2D eigenvalue weighted by Crippen LogP contribution is -2.20. The molecule has 23 heavy (non-hydrogen) atoms. The number of ketones is 1. The number of hydrogen-bond acceptors (Lipinski definition) is 6. The Morgan fingerprint density at radius 1 is 1.22 bits per heavy atom. The minimum absolute atomic E-state index is 0.0646. The summed E-state index contributed by atoms with van der Waals surface area (Å²) in [7, 11) is 1.30. The normalized spacial score (nSPS) is 10.2. The van der Waals surface area contributed by atoms with E-state index in [1.807, 2.05) is 0 Å². The van der Waals surface area contributed by atoms with Crippen LogP contribution in [0, 0.1) is 6.92 Å². The van der Waals surface area contributed by atoms with Gasteiger partial charge in [-0.2, -0.15) is 0 Å². The summed E-state index contributed by atoms with van der Waals surface area (Å²) in [5.41, 5.74) is 1.71. The number of aromatic nitrogens is 3. The molecule has 1 aromatic carbocycles. The lowest BCUT2D eigenvalue weighted by molar-refractivity contribution is -0.117. The molecule has 1 amide bonds. The Kier molecular flexibility index (Phi) is 4.85. The van der Waals surface area contributed by atoms with E-state index in [0.717, 1.165) is 0 Å². The molecule has 0 aliphatic heterocycles. The number of benzene rings is 1. The quantitative estimate of drug-likeness (QED) is 0.657. The minimum Gasteiger partial charge on any atom is -0.465 e. The predicted octanol–water partition coefficient (Wildman–Crippen LogP) is 1.21. The number of methoxy groups -OCH3 is 1. The van der Waals surface area contributed by atoms with E-state index in [4.69, 9.17) is 0 Å². The Hall–Kier alpha value is -3.03. The van der Waals surface area contributed by atoms with Gasteiger partial charge in [0.25, 0.3) is 0 Å². The topological polar surface area (TPSA) is 103 Å². The van der Waals surface area contributed by atoms with Crippen LogP contribution in [-0.4, -0.2) is 39.8 Å². The molecule has 120 valence electrons. The highest BCUT2D eigenvalue weighted by Crippen LogP contribution is 2.11. The maximum atomic E-state index is 12.0. The van der Waals surface area contributed by atoms with Gasteiger partial charge < -0.3 is 10.1 Å². The monoisotopic (exact) mass is 316 g/mol. The molecule has 1 N–H and O–H groups in total. The van der Waals surface area contributed by atoms with E-state index in [9.17, 15) is 14.4 Å². The van der Waals surface area contributed by atoms with Crippen molar-refractivity contribution in [3.8, 4) is 0 Å². The molecule has 0 bridgehead atoms. The molecule has 0 aliphatic carbocycles. The standard InChI is InChI=1S/C15H16N4O4/c1-9-14(10(2)20)17-18-19(9)8-13(21)16-12-6-4-11(5-7-12)15(22)23-3/h4-7H,8H2,1-3H3,(H,16,21). The summed E-state index contributed by atoms with van der Waals surface area (Å²) in [6, 6.07) is 6.30. The first-order valence-corrected chi connectivity index (χ1v) is 6.81. The summed E-state index contributed by atoms with van der Waals surface area (Å²) < 4.78 is 5.95. The summed E-state index contributed by atoms with van der Waals surface area (Å²) in [5.74, 6) is -0.968. The smallest absolute Gasteiger partial charge is 0.337 e. The van der Waals surface area contributed by atoms with Gasteiger partial charge in [0.15, 0.2) is 11.5 Å². The number of carbonyl (C=O) groups excluding carboxylic acids is 3. The van der Waals surface area contributed by atoms with Gasteiger partial charge in [0.2, 0.25) is 5.91 Å². The van der Waals surface area contributed by atoms with Crippen molar-refractivity contribution in [1.29, 1.82) is 0 Å². The maximum absolute atomic E-state index is 12.0. The maximum Gasteiger partial charge on any atom is 0.337 e. The first kappa shape index (κ1) is 16.3. The number of ether oxygens (including phenoxy) is 1. The molecule has 0 aliphatic rings. The van der Waals surface area contributed by atoms with Crippen LogP contribution in [0.1, 0.15) is 33.5 Å². The van der Waals surface area contributed by atoms with Gasteiger partial charge in [0.1, 0.15) is 6.54 Å². The van der Waals surface area contributed by atoms with Crippen molar-refractivity contribution >= 4 is 23.3 Å². The molecule has 8 nitrogen and oxygen atoms in total. The molecule has 2 aromatic rings. The van der Waals surface area contributed by atoms with Gasteiger partial charge in [-0.3, -0.25) is 9.59 Å². The summed E-state index contributed by atoms with van der Waals surface area (Å²) in [6.07, 6.45) is 0. The van der Waals surface area contributed by atoms with Gasteiger partial charge in [-0.1, -0.05) is 5.21 Å². The van der Waals surface area contributed by atoms with Crippen molar-refractivity contribution in [1.82, 2.24) is 15.0 Å². The van der Waals surface area contributed by atoms with Gasteiger partial charge in [-0.15, -0.1) is 5.10 Å². The van der Waals surface area contributed by atoms with Crippen LogP contribution in [0.4, 0.5) is 5.69 Å². The summed E-state index contributed by atoms with van der Waals surface area (Å²) in [6.45, 7) is 3.00. The second-order valence-corrected chi connectivity index (χ2v) is 4.85. The first-order valence-electron chi connectivity index (χ1n) is 6.81. The van der Waals surface area contributed by atoms with E-state index >= 15 is 0 Å². The highest BCUT2D eigenvalue weighted by Gasteiger charge is 2.14. The summed E-state index contributed by atoms with van der Waals surface area (Å²) in [4.78, 5) is 34.7. The zero-order valence-electron chi connectivity index (χ0n) is 13.0. The van der Waals surface area contributed by atoms with E-state index in [1.54, 1.807) is 31.2 Å². The van der Waals surface area contributed by atoms with Gasteiger partial charge in [-0.05, 0) is 31.2 Å². The molecule has 0 saturated heterocycles. The van der Waals surface area contributed by atoms with Gasteiger partial charge in [-0.25, -0.2) is 9.48 Å². The molecule has 0 fully saturated rings. The molecule has 1 aromatic heterocycles. The summed E-state index contributed by atoms with van der Waals surface area (Å²) in [5, 5.41) is 10.2. The van der Waals surface area contributed by atoms with Crippen molar-refractivity contribution in [2.24, 2.45) is 0 Å². The van der Waals surface area contributed by atoms with Crippen molar-refractivity contribution in [2.45, 2.75) is 20.4 Å². The number of Topliss-reactive ketones (excluding diaryl/α,β-unsaturated/α-hetero) is 1. The van der Waals surface area contributed by atoms with Gasteiger partial charge in [0, 0.05) is 12.6 Å². The van der Waals surface area contributed by atoms with E-state index in [0.29, 0.717) is 16.9 Å². The second kappa shape index (κ2) is 6.82. The van der Waals surface area contributed by atoms with Crippen molar-refractivity contribution in [3.63, 3.8) is 0 Å². The molecule has 1 heterocycles. The number of anilines is 1. The Balaban J connectivity index is 2.02. The number of carbonyl (C=O) groups is 3. The third-order valence-corrected chi connectivity index (χ3v) is 3.20. The summed E-state index contributed by atoms with van der Waals surface area (Å²) >= 11 is 0. The average Bonchev–Trinajstić information content (AvgIpc) is 2.88. The van der Waals surface area contributed by atoms with Crippen LogP contribution in [-0.2, 0) is 16.1 Å². The van der Waals surface area contributed by atoms with Crippen LogP contribution in [0.25, 0.3) is 0 Å². The number of nitrogens with zero attached hydrogens (tertiary/aromatic N) is 3. The molecule has 0 radical (unpaired) electrons. The Morgan fingerprint density at radius 3 is 2.39 bits per heavy atom. The Labute approximate surface area is 132 Å². The van der Waals surface area contributed by atoms with Crippen LogP contribution in [0.3, 0.4) is 0 Å². The number of hydrogen-bond donors (Lipinski definition) is 1. The fourth-order valence-electron chi connectivity index (χ4n) is 1.98. The molecule has 0 atom stereocenters. The van der Waals surface area contributed by atoms with E-state index < -0.39 is 5.97 Å². The second-order valence-electron chi connectivity index (χ2n) is 4.85. The Morgan fingerprint density at radius 2 is 1.87 bits per heavy atom. The zero-order chi connectivity index (χ0) is 17.0. The lowest BCUT2D eigenvalue weighted by atomic mass is 10.2. The number of rotatable bonds is 5. The van der Waals surface area contributed by atoms with Crippen LogP contribution >= 0.6 is 0 Å². The highest BCUT2D eigenvalue weighted by molar-refractivity contribution is 5.94. The first-order chi connectivity index (χ1) is 10.9. The molecule has 2 rings (SSSR count). The van der Waals surface area contributed by atoms with Gasteiger partial charge >= 0.3 is 5.97 Å². The number of nitrogens with one attached hydrogen (secondary N) is 1. The van der Waals surface area contributed by atoms with Crippen molar-refractivity contribution in [2.75, 3.05) is 12.4 Å². The molecule has 0 spiro atoms. The Bertz CT molecular complexity index is 749. The molecule has 8 heteroatoms. The van der Waals surface area contributed by atoms with Gasteiger partial charge in [0.05, 0.1) is 18.4 Å². The zero-order valence-corrected chi connectivity index (χ0v) is 13.0. The third kappa shape index (κ3) is 3.79. The SMILES string of the molecule is COC(=O)c1ccc(NC(=O)Cn2nnc(C(C)=O)c2C)cc1. The fourth-order valence-corrected chi connectivity index (χ4v) is 1.98. The minimum atomic E-state index is -0.446. The third-order valence-electron chi connectivity index (χ3n) is 3.20. The van der Waals surface area contributed by atoms with E-state index in [2.05, 4.69) is 20.4 Å². The van der Waals surface area contributed by atoms with Crippen LogP contribution in [0.15, 0.2) is 24.3 Å². The molecular weight excluding hydrogens is 300 g/mol. The van der Waals surface area contributed by atoms with Crippen molar-refractivity contribution in [3.05, 3.63) is 41.2 Å². The number of amides is 1. The number of esters is 1.